The molecule has 0 radical (unpaired) electrons. The molecule has 3 aromatic rings. The van der Waals surface area contributed by atoms with E-state index in [1.165, 1.54) is 31.2 Å². The van der Waals surface area contributed by atoms with Crippen LogP contribution in [0, 0.1) is 0 Å². The zero-order chi connectivity index (χ0) is 16.5. The third kappa shape index (κ3) is 2.69. The number of pyridine rings is 2. The number of rotatable bonds is 2. The summed E-state index contributed by atoms with van der Waals surface area (Å²) in [7, 11) is 0. The van der Waals surface area contributed by atoms with Crippen molar-refractivity contribution in [3.8, 4) is 11.3 Å². The number of nitrogen functional groups attached to an aromatic ring is 1. The summed E-state index contributed by atoms with van der Waals surface area (Å²) in [5.74, 6) is 0.962. The summed E-state index contributed by atoms with van der Waals surface area (Å²) in [6.45, 7) is 0. The lowest BCUT2D eigenvalue weighted by Crippen LogP contribution is -2.08. The highest BCUT2D eigenvalue weighted by Gasteiger charge is 2.22. The summed E-state index contributed by atoms with van der Waals surface area (Å²) in [6, 6.07) is 5.89. The minimum Gasteiger partial charge on any atom is -0.383 e. The van der Waals surface area contributed by atoms with Gasteiger partial charge >= 0.3 is 0 Å². The predicted molar refractivity (Wildman–Crippen MR) is 95.8 cm³/mol. The fraction of sp³-hybridized carbons (Fsp3) is 0.333. The molecule has 1 fully saturated rings. The first-order valence-corrected chi connectivity index (χ1v) is 8.64. The summed E-state index contributed by atoms with van der Waals surface area (Å²) in [4.78, 5) is 17.3. The van der Waals surface area contributed by atoms with Crippen LogP contribution in [-0.4, -0.2) is 19.9 Å². The number of hydrogen-bond acceptors (Lipinski definition) is 5. The number of anilines is 1. The van der Waals surface area contributed by atoms with Gasteiger partial charge in [0.15, 0.2) is 5.65 Å². The van der Waals surface area contributed by atoms with E-state index in [1.54, 1.807) is 6.20 Å². The predicted octanol–water partition coefficient (Wildman–Crippen LogP) is 4.37. The number of halogens is 1. The molecule has 6 heteroatoms. The third-order valence-electron chi connectivity index (χ3n) is 4.74. The smallest absolute Gasteiger partial charge is 0.165 e. The van der Waals surface area contributed by atoms with Gasteiger partial charge in [0.2, 0.25) is 0 Å². The van der Waals surface area contributed by atoms with Gasteiger partial charge in [-0.2, -0.15) is 0 Å². The molecule has 3 heterocycles. The van der Waals surface area contributed by atoms with Crippen LogP contribution in [0.1, 0.15) is 43.6 Å². The maximum Gasteiger partial charge on any atom is 0.165 e. The van der Waals surface area contributed by atoms with Crippen LogP contribution in [-0.2, 0) is 0 Å². The van der Waals surface area contributed by atoms with E-state index in [0.29, 0.717) is 22.5 Å². The first-order valence-electron chi connectivity index (χ1n) is 8.26. The highest BCUT2D eigenvalue weighted by Crippen LogP contribution is 2.39. The first kappa shape index (κ1) is 15.3. The van der Waals surface area contributed by atoms with Gasteiger partial charge in [0.1, 0.15) is 17.3 Å². The Morgan fingerprint density at radius 3 is 2.71 bits per heavy atom. The van der Waals surface area contributed by atoms with Crippen LogP contribution in [0.3, 0.4) is 0 Å². The summed E-state index contributed by atoms with van der Waals surface area (Å²) < 4.78 is 0. The van der Waals surface area contributed by atoms with Gasteiger partial charge in [-0.05, 0) is 42.5 Å². The number of nitrogens with zero attached hydrogens (tertiary/aromatic N) is 4. The summed E-state index contributed by atoms with van der Waals surface area (Å²) in [6.07, 6.45) is 9.24. The Balaban J connectivity index is 1.96. The van der Waals surface area contributed by atoms with E-state index < -0.39 is 0 Å². The van der Waals surface area contributed by atoms with E-state index in [9.17, 15) is 0 Å². The minimum absolute atomic E-state index is 0.445. The second-order valence-electron chi connectivity index (χ2n) is 6.23. The van der Waals surface area contributed by atoms with Gasteiger partial charge in [-0.1, -0.05) is 30.9 Å². The highest BCUT2D eigenvalue weighted by atomic mass is 35.5. The first-order chi connectivity index (χ1) is 11.7. The molecule has 0 amide bonds. The molecule has 3 aromatic heterocycles. The molecule has 0 aliphatic heterocycles. The van der Waals surface area contributed by atoms with Crippen molar-refractivity contribution < 1.29 is 0 Å². The molecule has 1 aliphatic rings. The quantitative estimate of drug-likeness (QED) is 0.701. The molecule has 122 valence electrons. The normalized spacial score (nSPS) is 15.7. The standard InChI is InChI=1S/C18H18ClN5/c19-16-12(7-4-8-21-16)14-9-13(11-5-2-1-3-6-11)15-17(20)22-10-23-18(15)24-14/h4,7-11H,1-3,5-6H2,(H2,20,22,23,24). The monoisotopic (exact) mass is 339 g/mol. The van der Waals surface area contributed by atoms with Crippen molar-refractivity contribution in [2.24, 2.45) is 0 Å². The van der Waals surface area contributed by atoms with Crippen molar-refractivity contribution in [2.45, 2.75) is 38.0 Å². The molecule has 0 aromatic carbocycles. The summed E-state index contributed by atoms with van der Waals surface area (Å²) >= 11 is 6.27. The average molecular weight is 340 g/mol. The van der Waals surface area contributed by atoms with Gasteiger partial charge in [-0.15, -0.1) is 0 Å². The van der Waals surface area contributed by atoms with Crippen molar-refractivity contribution >= 4 is 28.5 Å². The zero-order valence-corrected chi connectivity index (χ0v) is 14.0. The molecule has 0 bridgehead atoms. The Labute approximate surface area is 145 Å². The van der Waals surface area contributed by atoms with E-state index in [2.05, 4.69) is 26.0 Å². The molecule has 5 nitrogen and oxygen atoms in total. The SMILES string of the molecule is Nc1ncnc2nc(-c3cccnc3Cl)cc(C3CCCCC3)c12. The Morgan fingerprint density at radius 1 is 1.08 bits per heavy atom. The largest absolute Gasteiger partial charge is 0.383 e. The molecule has 4 rings (SSSR count). The van der Waals surface area contributed by atoms with Crippen molar-refractivity contribution in [1.29, 1.82) is 0 Å². The van der Waals surface area contributed by atoms with E-state index >= 15 is 0 Å². The Morgan fingerprint density at radius 2 is 1.92 bits per heavy atom. The zero-order valence-electron chi connectivity index (χ0n) is 13.2. The lowest BCUT2D eigenvalue weighted by atomic mass is 9.82. The molecular formula is C18H18ClN5. The van der Waals surface area contributed by atoms with Crippen LogP contribution in [0.5, 0.6) is 0 Å². The lowest BCUT2D eigenvalue weighted by molar-refractivity contribution is 0.445. The second-order valence-corrected chi connectivity index (χ2v) is 6.59. The van der Waals surface area contributed by atoms with Gasteiger partial charge in [0, 0.05) is 11.8 Å². The topological polar surface area (TPSA) is 77.6 Å². The van der Waals surface area contributed by atoms with Crippen LogP contribution >= 0.6 is 11.6 Å². The van der Waals surface area contributed by atoms with Crippen LogP contribution in [0.4, 0.5) is 5.82 Å². The van der Waals surface area contributed by atoms with Crippen molar-refractivity contribution in [3.63, 3.8) is 0 Å². The minimum atomic E-state index is 0.445. The average Bonchev–Trinajstić information content (AvgIpc) is 2.62. The van der Waals surface area contributed by atoms with Gasteiger partial charge in [-0.3, -0.25) is 0 Å². The molecule has 0 unspecified atom stereocenters. The number of hydrogen-bond donors (Lipinski definition) is 1. The summed E-state index contributed by atoms with van der Waals surface area (Å²) in [5, 5.41) is 1.33. The molecule has 2 N–H and O–H groups in total. The van der Waals surface area contributed by atoms with Gasteiger partial charge in [0.05, 0.1) is 11.1 Å². The Hall–Kier alpha value is -2.27. The van der Waals surface area contributed by atoms with Gasteiger partial charge in [-0.25, -0.2) is 19.9 Å². The number of nitrogens with two attached hydrogens (primary N) is 1. The van der Waals surface area contributed by atoms with Crippen LogP contribution < -0.4 is 5.73 Å². The number of aromatic nitrogens is 4. The Kier molecular flexibility index (Phi) is 4.02. The molecule has 1 saturated carbocycles. The van der Waals surface area contributed by atoms with Crippen molar-refractivity contribution in [3.05, 3.63) is 41.4 Å². The van der Waals surface area contributed by atoms with Crippen molar-refractivity contribution in [1.82, 2.24) is 19.9 Å². The van der Waals surface area contributed by atoms with Gasteiger partial charge < -0.3 is 5.73 Å². The van der Waals surface area contributed by atoms with Crippen LogP contribution in [0.2, 0.25) is 5.15 Å². The fourth-order valence-electron chi connectivity index (χ4n) is 3.57. The third-order valence-corrected chi connectivity index (χ3v) is 5.05. The van der Waals surface area contributed by atoms with Crippen LogP contribution in [0.25, 0.3) is 22.3 Å². The molecule has 24 heavy (non-hydrogen) atoms. The van der Waals surface area contributed by atoms with Crippen LogP contribution in [0.15, 0.2) is 30.7 Å². The lowest BCUT2D eigenvalue weighted by Gasteiger charge is -2.24. The fourth-order valence-corrected chi connectivity index (χ4v) is 3.78. The second kappa shape index (κ2) is 6.32. The highest BCUT2D eigenvalue weighted by molar-refractivity contribution is 6.32. The molecule has 0 spiro atoms. The van der Waals surface area contributed by atoms with E-state index in [0.717, 1.165) is 29.5 Å². The van der Waals surface area contributed by atoms with Gasteiger partial charge in [0.25, 0.3) is 0 Å². The maximum absolute atomic E-state index is 6.27. The molecule has 0 atom stereocenters. The maximum atomic E-state index is 6.27. The van der Waals surface area contributed by atoms with Crippen molar-refractivity contribution in [2.75, 3.05) is 5.73 Å². The molecule has 0 saturated heterocycles. The Bertz CT molecular complexity index is 890. The summed E-state index contributed by atoms with van der Waals surface area (Å²) in [5.41, 5.74) is 9.57. The van der Waals surface area contributed by atoms with E-state index in [-0.39, 0.29) is 0 Å². The molecular weight excluding hydrogens is 322 g/mol. The molecule has 1 aliphatic carbocycles. The van der Waals surface area contributed by atoms with E-state index in [4.69, 9.17) is 17.3 Å². The number of fused-ring (bicyclic) bond motifs is 1. The van der Waals surface area contributed by atoms with E-state index in [1.807, 2.05) is 12.1 Å².